The van der Waals surface area contributed by atoms with Crippen LogP contribution in [0.3, 0.4) is 0 Å². The van der Waals surface area contributed by atoms with Crippen molar-refractivity contribution >= 4 is 10.9 Å². The first kappa shape index (κ1) is 20.4. The van der Waals surface area contributed by atoms with Crippen molar-refractivity contribution in [2.75, 3.05) is 26.9 Å². The van der Waals surface area contributed by atoms with Crippen LogP contribution in [0.2, 0.25) is 0 Å². The summed E-state index contributed by atoms with van der Waals surface area (Å²) in [5, 5.41) is 10.8. The minimum absolute atomic E-state index is 0.0304. The van der Waals surface area contributed by atoms with Crippen molar-refractivity contribution in [3.63, 3.8) is 0 Å². The van der Waals surface area contributed by atoms with Crippen LogP contribution in [0.1, 0.15) is 56.3 Å². The van der Waals surface area contributed by atoms with Crippen LogP contribution >= 0.6 is 0 Å². The second-order valence-corrected chi connectivity index (χ2v) is 8.44. The van der Waals surface area contributed by atoms with Crippen LogP contribution in [-0.2, 0) is 15.9 Å². The summed E-state index contributed by atoms with van der Waals surface area (Å²) in [6.45, 7) is 4.14. The molecule has 2 fully saturated rings. The van der Waals surface area contributed by atoms with Gasteiger partial charge in [-0.15, -0.1) is 0 Å². The number of aromatic nitrogens is 3. The highest BCUT2D eigenvalue weighted by molar-refractivity contribution is 5.85. The van der Waals surface area contributed by atoms with E-state index in [9.17, 15) is 5.11 Å². The van der Waals surface area contributed by atoms with Gasteiger partial charge in [-0.1, -0.05) is 6.92 Å². The smallest absolute Gasteiger partial charge is 0.224 e. The predicted molar refractivity (Wildman–Crippen MR) is 109 cm³/mol. The molecule has 0 unspecified atom stereocenters. The second kappa shape index (κ2) is 9.32. The summed E-state index contributed by atoms with van der Waals surface area (Å²) in [5.74, 6) is 2.11. The van der Waals surface area contributed by atoms with Crippen LogP contribution in [0.4, 0.5) is 0 Å². The molecule has 0 aromatic carbocycles. The summed E-state index contributed by atoms with van der Waals surface area (Å²) < 4.78 is 16.8. The topological polar surface area (TPSA) is 86.6 Å². The SMILES string of the molecule is COC[C@H](C)Cc1ncc2c(O[C@@H]3CCOC3)ncc(C3CCC(O)CC3)c2n1. The summed E-state index contributed by atoms with van der Waals surface area (Å²) in [7, 11) is 1.72. The summed E-state index contributed by atoms with van der Waals surface area (Å²) in [6.07, 6.45) is 8.82. The van der Waals surface area contributed by atoms with E-state index in [0.29, 0.717) is 30.9 Å². The minimum Gasteiger partial charge on any atom is -0.471 e. The molecule has 7 nitrogen and oxygen atoms in total. The zero-order valence-electron chi connectivity index (χ0n) is 17.3. The standard InChI is InChI=1S/C22H31N3O4/c1-14(12-27-2)9-20-23-11-19-21(25-20)18(15-3-5-16(26)6-4-15)10-24-22(19)29-17-7-8-28-13-17/h10-11,14-17,26H,3-9,12-13H2,1-2H3/t14-,15?,16?,17-/m1/s1. The number of hydrogen-bond acceptors (Lipinski definition) is 7. The van der Waals surface area contributed by atoms with E-state index in [4.69, 9.17) is 19.2 Å². The van der Waals surface area contributed by atoms with Gasteiger partial charge in [0.15, 0.2) is 0 Å². The van der Waals surface area contributed by atoms with Crippen LogP contribution in [0.5, 0.6) is 5.88 Å². The van der Waals surface area contributed by atoms with E-state index in [-0.39, 0.29) is 12.2 Å². The van der Waals surface area contributed by atoms with Crippen molar-refractivity contribution in [1.29, 1.82) is 0 Å². The van der Waals surface area contributed by atoms with E-state index in [1.54, 1.807) is 7.11 Å². The first-order chi connectivity index (χ1) is 14.1. The predicted octanol–water partition coefficient (Wildman–Crippen LogP) is 3.04. The third-order valence-corrected chi connectivity index (χ3v) is 5.95. The van der Waals surface area contributed by atoms with Crippen molar-refractivity contribution in [1.82, 2.24) is 15.0 Å². The number of aliphatic hydroxyl groups excluding tert-OH is 1. The Bertz CT molecular complexity index is 817. The van der Waals surface area contributed by atoms with E-state index >= 15 is 0 Å². The molecule has 29 heavy (non-hydrogen) atoms. The zero-order chi connectivity index (χ0) is 20.2. The molecule has 2 aliphatic rings. The monoisotopic (exact) mass is 401 g/mol. The summed E-state index contributed by atoms with van der Waals surface area (Å²) in [5.41, 5.74) is 2.08. The van der Waals surface area contributed by atoms with E-state index in [0.717, 1.165) is 67.4 Å². The van der Waals surface area contributed by atoms with Gasteiger partial charge in [-0.2, -0.15) is 0 Å². The van der Waals surface area contributed by atoms with E-state index in [2.05, 4.69) is 16.9 Å². The number of methoxy groups -OCH3 is 1. The van der Waals surface area contributed by atoms with Gasteiger partial charge in [0.1, 0.15) is 11.9 Å². The summed E-state index contributed by atoms with van der Waals surface area (Å²) >= 11 is 0. The zero-order valence-corrected chi connectivity index (χ0v) is 17.3. The molecule has 2 atom stereocenters. The van der Waals surface area contributed by atoms with Gasteiger partial charge in [0, 0.05) is 44.5 Å². The maximum Gasteiger partial charge on any atom is 0.224 e. The van der Waals surface area contributed by atoms with Gasteiger partial charge in [-0.25, -0.2) is 15.0 Å². The number of hydrogen-bond donors (Lipinski definition) is 1. The fraction of sp³-hybridized carbons (Fsp3) is 0.682. The molecule has 2 aromatic rings. The van der Waals surface area contributed by atoms with E-state index in [1.165, 1.54) is 0 Å². The lowest BCUT2D eigenvalue weighted by atomic mass is 9.82. The van der Waals surface area contributed by atoms with Gasteiger partial charge in [-0.05, 0) is 37.5 Å². The maximum absolute atomic E-state index is 9.90. The third-order valence-electron chi connectivity index (χ3n) is 5.95. The molecule has 0 spiro atoms. The van der Waals surface area contributed by atoms with Crippen LogP contribution < -0.4 is 4.74 Å². The van der Waals surface area contributed by atoms with Crippen LogP contribution in [0.25, 0.3) is 10.9 Å². The molecule has 158 valence electrons. The van der Waals surface area contributed by atoms with Crippen LogP contribution in [-0.4, -0.2) is 59.2 Å². The van der Waals surface area contributed by atoms with Crippen LogP contribution in [0, 0.1) is 5.92 Å². The molecule has 0 bridgehead atoms. The minimum atomic E-state index is -0.185. The molecule has 2 aromatic heterocycles. The fourth-order valence-corrected chi connectivity index (χ4v) is 4.35. The van der Waals surface area contributed by atoms with Crippen molar-refractivity contribution in [3.8, 4) is 5.88 Å². The number of nitrogens with zero attached hydrogens (tertiary/aromatic N) is 3. The third kappa shape index (κ3) is 4.85. The lowest BCUT2D eigenvalue weighted by molar-refractivity contribution is 0.122. The Morgan fingerprint density at radius 2 is 2.00 bits per heavy atom. The Labute approximate surface area is 171 Å². The number of fused-ring (bicyclic) bond motifs is 1. The van der Waals surface area contributed by atoms with Crippen LogP contribution in [0.15, 0.2) is 12.4 Å². The molecular weight excluding hydrogens is 370 g/mol. The molecule has 4 rings (SSSR count). The van der Waals surface area contributed by atoms with Gasteiger partial charge in [-0.3, -0.25) is 0 Å². The highest BCUT2D eigenvalue weighted by atomic mass is 16.5. The number of rotatable bonds is 7. The van der Waals surface area contributed by atoms with Crippen molar-refractivity contribution < 1.29 is 19.3 Å². The Morgan fingerprint density at radius 3 is 2.72 bits per heavy atom. The molecule has 1 saturated carbocycles. The van der Waals surface area contributed by atoms with Gasteiger partial charge >= 0.3 is 0 Å². The highest BCUT2D eigenvalue weighted by Gasteiger charge is 2.26. The molecular formula is C22H31N3O4. The fourth-order valence-electron chi connectivity index (χ4n) is 4.35. The number of pyridine rings is 1. The van der Waals surface area contributed by atoms with Crippen molar-refractivity contribution in [2.45, 2.75) is 63.6 Å². The molecule has 3 heterocycles. The molecule has 0 radical (unpaired) electrons. The second-order valence-electron chi connectivity index (χ2n) is 8.44. The number of ether oxygens (including phenoxy) is 3. The number of aliphatic hydroxyl groups is 1. The Balaban J connectivity index is 1.68. The molecule has 1 saturated heterocycles. The maximum atomic E-state index is 9.90. The Hall–Kier alpha value is -1.83. The highest BCUT2D eigenvalue weighted by Crippen LogP contribution is 2.37. The van der Waals surface area contributed by atoms with Gasteiger partial charge in [0.25, 0.3) is 0 Å². The molecule has 1 aliphatic carbocycles. The van der Waals surface area contributed by atoms with Gasteiger partial charge in [0.2, 0.25) is 5.88 Å². The normalized spacial score (nSPS) is 26.0. The van der Waals surface area contributed by atoms with Gasteiger partial charge in [0.05, 0.1) is 30.2 Å². The molecule has 1 aliphatic heterocycles. The quantitative estimate of drug-likeness (QED) is 0.763. The Kier molecular flexibility index (Phi) is 6.57. The van der Waals surface area contributed by atoms with E-state index in [1.807, 2.05) is 12.4 Å². The first-order valence-corrected chi connectivity index (χ1v) is 10.7. The summed E-state index contributed by atoms with van der Waals surface area (Å²) in [6, 6.07) is 0. The summed E-state index contributed by atoms with van der Waals surface area (Å²) in [4.78, 5) is 14.2. The van der Waals surface area contributed by atoms with E-state index < -0.39 is 0 Å². The average Bonchev–Trinajstić information content (AvgIpc) is 3.22. The molecule has 1 N–H and O–H groups in total. The largest absolute Gasteiger partial charge is 0.471 e. The van der Waals surface area contributed by atoms with Gasteiger partial charge < -0.3 is 19.3 Å². The van der Waals surface area contributed by atoms with Crippen molar-refractivity contribution in [2.24, 2.45) is 5.92 Å². The molecule has 0 amide bonds. The molecule has 7 heteroatoms. The first-order valence-electron chi connectivity index (χ1n) is 10.7. The lowest BCUT2D eigenvalue weighted by Gasteiger charge is -2.26. The Morgan fingerprint density at radius 1 is 1.17 bits per heavy atom. The average molecular weight is 402 g/mol. The lowest BCUT2D eigenvalue weighted by Crippen LogP contribution is -2.19. The van der Waals surface area contributed by atoms with Crippen molar-refractivity contribution in [3.05, 3.63) is 23.8 Å².